The molecular weight excluding hydrogens is 456 g/mol. The van der Waals surface area contributed by atoms with Crippen LogP contribution in [0.2, 0.25) is 0 Å². The first kappa shape index (κ1) is 22.7. The van der Waals surface area contributed by atoms with Gasteiger partial charge < -0.3 is 24.3 Å². The van der Waals surface area contributed by atoms with E-state index in [2.05, 4.69) is 20.2 Å². The summed E-state index contributed by atoms with van der Waals surface area (Å²) in [5, 5.41) is 6.03. The van der Waals surface area contributed by atoms with Crippen LogP contribution in [0.1, 0.15) is 59.9 Å². The molecule has 2 aliphatic rings. The molecule has 2 N–H and O–H groups in total. The zero-order chi connectivity index (χ0) is 24.6. The Kier molecular flexibility index (Phi) is 5.92. The van der Waals surface area contributed by atoms with Crippen LogP contribution in [-0.2, 0) is 23.0 Å². The summed E-state index contributed by atoms with van der Waals surface area (Å²) in [6.07, 6.45) is 9.11. The van der Waals surface area contributed by atoms with Crippen LogP contribution in [0.15, 0.2) is 42.7 Å². The van der Waals surface area contributed by atoms with Gasteiger partial charge in [0.15, 0.2) is 0 Å². The van der Waals surface area contributed by atoms with Crippen LogP contribution in [0.3, 0.4) is 0 Å². The number of pyridine rings is 1. The number of amides is 2. The number of nitrogens with one attached hydrogen (secondary N) is 2. The zero-order valence-corrected chi connectivity index (χ0v) is 20.4. The van der Waals surface area contributed by atoms with Crippen molar-refractivity contribution in [2.75, 3.05) is 18.5 Å². The lowest BCUT2D eigenvalue weighted by Gasteiger charge is -2.24. The topological polar surface area (TPSA) is 103 Å². The fourth-order valence-corrected chi connectivity index (χ4v) is 5.14. The molecule has 6 rings (SSSR count). The van der Waals surface area contributed by atoms with Gasteiger partial charge in [-0.05, 0) is 49.9 Å². The quantitative estimate of drug-likeness (QED) is 0.416. The highest BCUT2D eigenvalue weighted by molar-refractivity contribution is 6.06. The van der Waals surface area contributed by atoms with Crippen LogP contribution in [0.5, 0.6) is 0 Å². The fourth-order valence-electron chi connectivity index (χ4n) is 5.14. The van der Waals surface area contributed by atoms with E-state index >= 15 is 0 Å². The molecule has 3 aromatic heterocycles. The monoisotopic (exact) mass is 486 g/mol. The third-order valence-electron chi connectivity index (χ3n) is 7.30. The van der Waals surface area contributed by atoms with Gasteiger partial charge in [0.1, 0.15) is 17.6 Å². The molecule has 4 heterocycles. The van der Waals surface area contributed by atoms with Crippen LogP contribution in [-0.4, -0.2) is 50.0 Å². The highest BCUT2D eigenvalue weighted by Gasteiger charge is 2.28. The van der Waals surface area contributed by atoms with Gasteiger partial charge >= 0.3 is 0 Å². The summed E-state index contributed by atoms with van der Waals surface area (Å²) in [7, 11) is 1.99. The molecule has 1 aromatic carbocycles. The van der Waals surface area contributed by atoms with Crippen molar-refractivity contribution in [3.8, 4) is 0 Å². The smallest absolute Gasteiger partial charge is 0.253 e. The van der Waals surface area contributed by atoms with E-state index in [1.54, 1.807) is 6.07 Å². The Bertz CT molecular complexity index is 1410. The van der Waals surface area contributed by atoms with Crippen molar-refractivity contribution in [3.05, 3.63) is 59.8 Å². The highest BCUT2D eigenvalue weighted by atomic mass is 16.5. The summed E-state index contributed by atoms with van der Waals surface area (Å²) in [6.45, 7) is 1.05. The number of aryl methyl sites for hydroxylation is 1. The molecular formula is C27H30N6O3. The second-order valence-corrected chi connectivity index (χ2v) is 9.74. The molecule has 0 bridgehead atoms. The molecule has 1 aliphatic heterocycles. The Hall–Kier alpha value is -3.72. The van der Waals surface area contributed by atoms with E-state index in [-0.39, 0.29) is 11.8 Å². The molecule has 4 aromatic rings. The molecule has 2 fully saturated rings. The lowest BCUT2D eigenvalue weighted by Crippen LogP contribution is -2.28. The number of ether oxygens (including phenoxy) is 1. The van der Waals surface area contributed by atoms with Gasteiger partial charge in [-0.25, -0.2) is 9.97 Å². The summed E-state index contributed by atoms with van der Waals surface area (Å²) < 4.78 is 9.60. The highest BCUT2D eigenvalue weighted by Crippen LogP contribution is 2.38. The largest absolute Gasteiger partial charge is 0.368 e. The Morgan fingerprint density at radius 1 is 1.14 bits per heavy atom. The number of rotatable bonds is 7. The predicted molar refractivity (Wildman–Crippen MR) is 136 cm³/mol. The summed E-state index contributed by atoms with van der Waals surface area (Å²) >= 11 is 0. The normalized spacial score (nSPS) is 18.0. The molecule has 186 valence electrons. The summed E-state index contributed by atoms with van der Waals surface area (Å²) in [4.78, 5) is 35.5. The van der Waals surface area contributed by atoms with Crippen LogP contribution >= 0.6 is 0 Å². The number of imidazole rings is 2. The molecule has 2 amide bonds. The van der Waals surface area contributed by atoms with Crippen molar-refractivity contribution < 1.29 is 14.3 Å². The first-order valence-electron chi connectivity index (χ1n) is 12.7. The zero-order valence-electron chi connectivity index (χ0n) is 20.4. The maximum atomic E-state index is 13.1. The second kappa shape index (κ2) is 9.39. The van der Waals surface area contributed by atoms with Gasteiger partial charge in [-0.15, -0.1) is 0 Å². The Labute approximate surface area is 208 Å². The summed E-state index contributed by atoms with van der Waals surface area (Å²) in [6, 6.07) is 9.43. The molecule has 1 atom stereocenters. The van der Waals surface area contributed by atoms with Crippen molar-refractivity contribution in [2.24, 2.45) is 7.05 Å². The van der Waals surface area contributed by atoms with Crippen LogP contribution in [0.4, 0.5) is 5.69 Å². The van der Waals surface area contributed by atoms with Gasteiger partial charge in [0.2, 0.25) is 0 Å². The second-order valence-electron chi connectivity index (χ2n) is 9.74. The van der Waals surface area contributed by atoms with E-state index in [4.69, 9.17) is 9.72 Å². The maximum absolute atomic E-state index is 13.1. The predicted octanol–water partition coefficient (Wildman–Crippen LogP) is 3.58. The Morgan fingerprint density at radius 3 is 2.78 bits per heavy atom. The van der Waals surface area contributed by atoms with Crippen molar-refractivity contribution in [3.63, 3.8) is 0 Å². The van der Waals surface area contributed by atoms with Gasteiger partial charge in [-0.1, -0.05) is 12.5 Å². The van der Waals surface area contributed by atoms with Gasteiger partial charge in [0.25, 0.3) is 11.8 Å². The van der Waals surface area contributed by atoms with E-state index in [1.165, 1.54) is 6.42 Å². The minimum absolute atomic E-state index is 0.176. The van der Waals surface area contributed by atoms with E-state index in [0.29, 0.717) is 43.2 Å². The van der Waals surface area contributed by atoms with Gasteiger partial charge in [-0.2, -0.15) is 0 Å². The average molecular weight is 487 g/mol. The number of hydrogen-bond donors (Lipinski definition) is 2. The molecule has 1 saturated carbocycles. The average Bonchev–Trinajstić information content (AvgIpc) is 3.57. The van der Waals surface area contributed by atoms with E-state index < -0.39 is 6.10 Å². The molecule has 36 heavy (non-hydrogen) atoms. The number of anilines is 1. The standard InChI is InChI=1S/C27H30N6O3/c1-32-24-20(30-25(32)17-6-4-7-17)14-18(15-21(24)31-27(35)22-8-5-13-36-22)26(34)28-11-10-19-16-33-12-3-2-9-23(33)29-19/h2-3,9,12,14-17,22H,4-8,10-11,13H2,1H3,(H,28,34)(H,31,35). The lowest BCUT2D eigenvalue weighted by atomic mass is 9.85. The third-order valence-corrected chi connectivity index (χ3v) is 7.30. The van der Waals surface area contributed by atoms with Crippen LogP contribution < -0.4 is 10.6 Å². The summed E-state index contributed by atoms with van der Waals surface area (Å²) in [5.74, 6) is 1.05. The van der Waals surface area contributed by atoms with E-state index in [1.807, 2.05) is 48.1 Å². The minimum Gasteiger partial charge on any atom is -0.368 e. The van der Waals surface area contributed by atoms with Crippen LogP contribution in [0.25, 0.3) is 16.7 Å². The van der Waals surface area contributed by atoms with Crippen LogP contribution in [0, 0.1) is 0 Å². The van der Waals surface area contributed by atoms with Gasteiger partial charge in [0, 0.05) is 50.5 Å². The fraction of sp³-hybridized carbons (Fsp3) is 0.407. The first-order valence-corrected chi connectivity index (χ1v) is 12.7. The number of nitrogens with zero attached hydrogens (tertiary/aromatic N) is 4. The molecule has 1 saturated heterocycles. The SMILES string of the molecule is Cn1c(C2CCC2)nc2cc(C(=O)NCCc3cn4ccccc4n3)cc(NC(=O)C3CCCO3)c21. The minimum atomic E-state index is -0.456. The van der Waals surface area contributed by atoms with Crippen molar-refractivity contribution in [2.45, 2.75) is 50.5 Å². The molecule has 1 unspecified atom stereocenters. The Morgan fingerprint density at radius 2 is 2.03 bits per heavy atom. The van der Waals surface area contributed by atoms with Gasteiger partial charge in [-0.3, -0.25) is 9.59 Å². The molecule has 9 heteroatoms. The van der Waals surface area contributed by atoms with Gasteiger partial charge in [0.05, 0.1) is 22.4 Å². The van der Waals surface area contributed by atoms with Crippen molar-refractivity contribution in [1.29, 1.82) is 0 Å². The van der Waals surface area contributed by atoms with E-state index in [9.17, 15) is 9.59 Å². The number of hydrogen-bond acceptors (Lipinski definition) is 5. The number of benzene rings is 1. The van der Waals surface area contributed by atoms with E-state index in [0.717, 1.165) is 47.5 Å². The Balaban J connectivity index is 1.24. The third kappa shape index (κ3) is 4.24. The number of aromatic nitrogens is 4. The summed E-state index contributed by atoms with van der Waals surface area (Å²) in [5.41, 5.74) is 4.42. The molecule has 0 spiro atoms. The van der Waals surface area contributed by atoms with Crippen molar-refractivity contribution >= 4 is 34.2 Å². The maximum Gasteiger partial charge on any atom is 0.253 e. The lowest BCUT2D eigenvalue weighted by molar-refractivity contribution is -0.124. The number of fused-ring (bicyclic) bond motifs is 2. The van der Waals surface area contributed by atoms with Crippen molar-refractivity contribution in [1.82, 2.24) is 24.3 Å². The molecule has 1 aliphatic carbocycles. The number of carbonyl (C=O) groups excluding carboxylic acids is 2. The first-order chi connectivity index (χ1) is 17.6. The molecule has 9 nitrogen and oxygen atoms in total. The molecule has 0 radical (unpaired) electrons. The number of carbonyl (C=O) groups is 2.